The molecule has 0 aliphatic carbocycles. The van der Waals surface area contributed by atoms with E-state index in [0.29, 0.717) is 23.6 Å². The van der Waals surface area contributed by atoms with Crippen molar-refractivity contribution in [3.8, 4) is 0 Å². The van der Waals surface area contributed by atoms with Crippen LogP contribution >= 0.6 is 0 Å². The van der Waals surface area contributed by atoms with Crippen LogP contribution in [0.15, 0.2) is 23.4 Å². The topological polar surface area (TPSA) is 61.8 Å². The predicted octanol–water partition coefficient (Wildman–Crippen LogP) is 2.40. The first-order valence-electron chi connectivity index (χ1n) is 7.00. The highest BCUT2D eigenvalue weighted by Gasteiger charge is 2.23. The quantitative estimate of drug-likeness (QED) is 0.386. The van der Waals surface area contributed by atoms with E-state index in [2.05, 4.69) is 23.9 Å². The second-order valence-electron chi connectivity index (χ2n) is 5.77. The molecule has 2 rings (SSSR count). The zero-order valence-electron chi connectivity index (χ0n) is 12.0. The normalized spacial score (nSPS) is 24.9. The fourth-order valence-corrected chi connectivity index (χ4v) is 2.63. The molecular weight excluding hydrogens is 257 g/mol. The summed E-state index contributed by atoms with van der Waals surface area (Å²) in [6.07, 6.45) is 1.16. The van der Waals surface area contributed by atoms with Gasteiger partial charge in [0.05, 0.1) is 0 Å². The average Bonchev–Trinajstić information content (AvgIpc) is 2.44. The number of piperidine rings is 1. The van der Waals surface area contributed by atoms with E-state index in [0.717, 1.165) is 25.4 Å². The van der Waals surface area contributed by atoms with Gasteiger partial charge >= 0.3 is 0 Å². The van der Waals surface area contributed by atoms with E-state index in [1.165, 1.54) is 6.07 Å². The summed E-state index contributed by atoms with van der Waals surface area (Å²) in [5, 5.41) is 11.5. The molecule has 0 radical (unpaired) electrons. The molecule has 1 aliphatic rings. The molecular formula is C15H22FN3O. The highest BCUT2D eigenvalue weighted by molar-refractivity contribution is 5.97. The molecule has 20 heavy (non-hydrogen) atoms. The minimum Gasteiger partial charge on any atom is -0.409 e. The molecule has 1 fully saturated rings. The molecule has 0 bridgehead atoms. The van der Waals surface area contributed by atoms with Crippen LogP contribution in [-0.4, -0.2) is 29.0 Å². The first-order chi connectivity index (χ1) is 9.51. The van der Waals surface area contributed by atoms with Gasteiger partial charge in [0.25, 0.3) is 0 Å². The number of halogens is 1. The van der Waals surface area contributed by atoms with Crippen molar-refractivity contribution in [2.45, 2.75) is 26.8 Å². The van der Waals surface area contributed by atoms with Crippen LogP contribution in [-0.2, 0) is 6.54 Å². The SMILES string of the molecule is CC1CCN(Cc2ccc(/C(N)=N/O)cc2F)CC1C. The second-order valence-corrected chi connectivity index (χ2v) is 5.77. The Morgan fingerprint density at radius 3 is 2.80 bits per heavy atom. The molecule has 1 aliphatic heterocycles. The molecule has 0 amide bonds. The van der Waals surface area contributed by atoms with Crippen molar-refractivity contribution < 1.29 is 9.60 Å². The molecule has 2 atom stereocenters. The average molecular weight is 279 g/mol. The first kappa shape index (κ1) is 14.8. The Morgan fingerprint density at radius 1 is 1.45 bits per heavy atom. The van der Waals surface area contributed by atoms with E-state index in [4.69, 9.17) is 10.9 Å². The van der Waals surface area contributed by atoms with Crippen LogP contribution in [0.25, 0.3) is 0 Å². The zero-order valence-corrected chi connectivity index (χ0v) is 12.0. The third kappa shape index (κ3) is 3.28. The largest absolute Gasteiger partial charge is 0.409 e. The van der Waals surface area contributed by atoms with E-state index in [1.807, 2.05) is 0 Å². The third-order valence-electron chi connectivity index (χ3n) is 4.27. The molecule has 3 N–H and O–H groups in total. The van der Waals surface area contributed by atoms with Gasteiger partial charge in [-0.3, -0.25) is 4.90 Å². The lowest BCUT2D eigenvalue weighted by molar-refractivity contribution is 0.131. The van der Waals surface area contributed by atoms with Crippen LogP contribution in [0.4, 0.5) is 4.39 Å². The van der Waals surface area contributed by atoms with Crippen molar-refractivity contribution in [1.29, 1.82) is 0 Å². The smallest absolute Gasteiger partial charge is 0.170 e. The number of oxime groups is 1. The standard InChI is InChI=1S/C15H22FN3O/c1-10-5-6-19(8-11(10)2)9-13-4-3-12(7-14(13)16)15(17)18-20/h3-4,7,10-11,20H,5-6,8-9H2,1-2H3,(H2,17,18). The maximum absolute atomic E-state index is 14.1. The lowest BCUT2D eigenvalue weighted by Crippen LogP contribution is -2.38. The summed E-state index contributed by atoms with van der Waals surface area (Å²) in [5.74, 6) is 0.999. The maximum Gasteiger partial charge on any atom is 0.170 e. The van der Waals surface area contributed by atoms with Gasteiger partial charge in [0.1, 0.15) is 5.82 Å². The van der Waals surface area contributed by atoms with Gasteiger partial charge in [-0.15, -0.1) is 0 Å². The number of nitrogens with zero attached hydrogens (tertiary/aromatic N) is 2. The molecule has 4 nitrogen and oxygen atoms in total. The van der Waals surface area contributed by atoms with Gasteiger partial charge in [-0.05, 0) is 30.9 Å². The van der Waals surface area contributed by atoms with E-state index < -0.39 is 0 Å². The maximum atomic E-state index is 14.1. The van der Waals surface area contributed by atoms with Gasteiger partial charge < -0.3 is 10.9 Å². The first-order valence-corrected chi connectivity index (χ1v) is 7.00. The lowest BCUT2D eigenvalue weighted by Gasteiger charge is -2.35. The van der Waals surface area contributed by atoms with Gasteiger partial charge in [0.15, 0.2) is 5.84 Å². The molecule has 1 heterocycles. The van der Waals surface area contributed by atoms with Crippen LogP contribution < -0.4 is 5.73 Å². The van der Waals surface area contributed by atoms with Crippen LogP contribution in [0.1, 0.15) is 31.4 Å². The number of nitrogens with two attached hydrogens (primary N) is 1. The number of rotatable bonds is 3. The van der Waals surface area contributed by atoms with Crippen LogP contribution in [0, 0.1) is 17.7 Å². The van der Waals surface area contributed by atoms with Gasteiger partial charge in [0.2, 0.25) is 0 Å². The van der Waals surface area contributed by atoms with Gasteiger partial charge in [0, 0.05) is 24.2 Å². The van der Waals surface area contributed by atoms with Gasteiger partial charge in [-0.25, -0.2) is 4.39 Å². The number of likely N-dealkylation sites (tertiary alicyclic amines) is 1. The summed E-state index contributed by atoms with van der Waals surface area (Å²) >= 11 is 0. The van der Waals surface area contributed by atoms with Gasteiger partial charge in [-0.1, -0.05) is 31.1 Å². The van der Waals surface area contributed by atoms with Crippen LogP contribution in [0.2, 0.25) is 0 Å². The van der Waals surface area contributed by atoms with Crippen molar-refractivity contribution >= 4 is 5.84 Å². The lowest BCUT2D eigenvalue weighted by atomic mass is 9.88. The molecule has 0 aromatic heterocycles. The summed E-state index contributed by atoms with van der Waals surface area (Å²) in [7, 11) is 0. The fraction of sp³-hybridized carbons (Fsp3) is 0.533. The van der Waals surface area contributed by atoms with Crippen molar-refractivity contribution in [3.05, 3.63) is 35.1 Å². The van der Waals surface area contributed by atoms with E-state index in [9.17, 15) is 4.39 Å². The number of amidine groups is 1. The van der Waals surface area contributed by atoms with Gasteiger partial charge in [-0.2, -0.15) is 0 Å². The van der Waals surface area contributed by atoms with Crippen molar-refractivity contribution in [2.24, 2.45) is 22.7 Å². The van der Waals surface area contributed by atoms with Crippen molar-refractivity contribution in [3.63, 3.8) is 0 Å². The Balaban J connectivity index is 2.07. The summed E-state index contributed by atoms with van der Waals surface area (Å²) < 4.78 is 14.1. The molecule has 0 saturated carbocycles. The van der Waals surface area contributed by atoms with Crippen molar-refractivity contribution in [1.82, 2.24) is 4.90 Å². The van der Waals surface area contributed by atoms with E-state index in [1.54, 1.807) is 12.1 Å². The molecule has 110 valence electrons. The number of hydrogen-bond donors (Lipinski definition) is 2. The monoisotopic (exact) mass is 279 g/mol. The Kier molecular flexibility index (Phi) is 4.60. The van der Waals surface area contributed by atoms with Crippen LogP contribution in [0.3, 0.4) is 0 Å². The molecule has 5 heteroatoms. The number of benzene rings is 1. The van der Waals surface area contributed by atoms with E-state index in [-0.39, 0.29) is 11.7 Å². The number of hydrogen-bond acceptors (Lipinski definition) is 3. The summed E-state index contributed by atoms with van der Waals surface area (Å²) in [4.78, 5) is 2.28. The summed E-state index contributed by atoms with van der Waals surface area (Å²) in [5.41, 5.74) is 6.51. The Labute approximate surface area is 119 Å². The predicted molar refractivity (Wildman–Crippen MR) is 77.1 cm³/mol. The second kappa shape index (κ2) is 6.22. The van der Waals surface area contributed by atoms with Crippen LogP contribution in [0.5, 0.6) is 0 Å². The summed E-state index contributed by atoms with van der Waals surface area (Å²) in [6.45, 7) is 7.14. The highest BCUT2D eigenvalue weighted by Crippen LogP contribution is 2.24. The Hall–Kier alpha value is -1.62. The van der Waals surface area contributed by atoms with E-state index >= 15 is 0 Å². The molecule has 1 aromatic carbocycles. The highest BCUT2D eigenvalue weighted by atomic mass is 19.1. The minimum atomic E-state index is -0.305. The molecule has 1 saturated heterocycles. The molecule has 0 spiro atoms. The zero-order chi connectivity index (χ0) is 14.7. The molecule has 2 unspecified atom stereocenters. The molecule has 1 aromatic rings. The Morgan fingerprint density at radius 2 is 2.20 bits per heavy atom. The fourth-order valence-electron chi connectivity index (χ4n) is 2.63. The Bertz CT molecular complexity index is 504. The minimum absolute atomic E-state index is 0.0733. The summed E-state index contributed by atoms with van der Waals surface area (Å²) in [6, 6.07) is 4.72. The van der Waals surface area contributed by atoms with Crippen molar-refractivity contribution in [2.75, 3.05) is 13.1 Å². The third-order valence-corrected chi connectivity index (χ3v) is 4.27.